The van der Waals surface area contributed by atoms with E-state index in [0.717, 1.165) is 30.7 Å². The number of benzene rings is 2. The summed E-state index contributed by atoms with van der Waals surface area (Å²) < 4.78 is 12.4. The van der Waals surface area contributed by atoms with E-state index in [2.05, 4.69) is 22.2 Å². The molecule has 1 atom stereocenters. The van der Waals surface area contributed by atoms with Gasteiger partial charge in [0.05, 0.1) is 5.39 Å². The molecule has 2 aromatic carbocycles. The number of nitrogens with one attached hydrogen (secondary N) is 1. The molecule has 1 amide bonds. The molecule has 5 rings (SSSR count). The molecule has 1 fully saturated rings. The van der Waals surface area contributed by atoms with E-state index in [9.17, 15) is 9.59 Å². The van der Waals surface area contributed by atoms with Crippen LogP contribution in [-0.4, -0.2) is 42.0 Å². The van der Waals surface area contributed by atoms with Gasteiger partial charge < -0.3 is 19.7 Å². The number of carbonyl (C=O) groups excluding carboxylic acids is 1. The zero-order valence-corrected chi connectivity index (χ0v) is 18.0. The van der Waals surface area contributed by atoms with Gasteiger partial charge in [0.25, 0.3) is 5.56 Å². The van der Waals surface area contributed by atoms with E-state index in [4.69, 9.17) is 9.47 Å². The van der Waals surface area contributed by atoms with Crippen molar-refractivity contribution in [3.05, 3.63) is 52.8 Å². The van der Waals surface area contributed by atoms with Crippen LogP contribution in [0, 0.1) is 5.92 Å². The fraction of sp³-hybridized carbons (Fsp3) is 0.375. The number of fused-ring (bicyclic) bond motifs is 2. The Bertz CT molecular complexity index is 1220. The van der Waals surface area contributed by atoms with Crippen LogP contribution in [0.3, 0.4) is 0 Å². The summed E-state index contributed by atoms with van der Waals surface area (Å²) in [4.78, 5) is 28.1. The predicted octanol–water partition coefficient (Wildman–Crippen LogP) is 3.04. The van der Waals surface area contributed by atoms with Crippen LogP contribution in [0.1, 0.15) is 19.8 Å². The largest absolute Gasteiger partial charge is 0.486 e. The first-order valence-corrected chi connectivity index (χ1v) is 11.0. The molecule has 0 aliphatic carbocycles. The Morgan fingerprint density at radius 1 is 1.12 bits per heavy atom. The number of hydrogen-bond donors (Lipinski definition) is 1. The first-order valence-electron chi connectivity index (χ1n) is 11.0. The van der Waals surface area contributed by atoms with E-state index in [0.29, 0.717) is 41.7 Å². The summed E-state index contributed by atoms with van der Waals surface area (Å²) in [6, 6.07) is 12.7. The second-order valence-electron chi connectivity index (χ2n) is 8.43. The quantitative estimate of drug-likeness (QED) is 0.679. The lowest BCUT2D eigenvalue weighted by Gasteiger charge is -2.32. The molecule has 0 radical (unpaired) electrons. The number of piperidine rings is 1. The number of aromatic nitrogens is 2. The van der Waals surface area contributed by atoms with Gasteiger partial charge in [-0.2, -0.15) is 5.10 Å². The van der Waals surface area contributed by atoms with Gasteiger partial charge in [-0.05, 0) is 37.0 Å². The Hall–Kier alpha value is -3.55. The SMILES string of the molecule is C[C@H]1CCCN(c2nn(CC(=O)Nc3ccc4c(c3)OCCO4)c(=O)c3ccccc23)C1. The van der Waals surface area contributed by atoms with Gasteiger partial charge in [-0.25, -0.2) is 4.68 Å². The topological polar surface area (TPSA) is 85.7 Å². The van der Waals surface area contributed by atoms with Crippen molar-refractivity contribution >= 4 is 28.2 Å². The van der Waals surface area contributed by atoms with E-state index >= 15 is 0 Å². The van der Waals surface area contributed by atoms with Gasteiger partial charge in [0.2, 0.25) is 5.91 Å². The maximum absolute atomic E-state index is 13.1. The van der Waals surface area contributed by atoms with Crippen LogP contribution < -0.4 is 25.2 Å². The lowest BCUT2D eigenvalue weighted by Crippen LogP contribution is -2.38. The minimum Gasteiger partial charge on any atom is -0.486 e. The van der Waals surface area contributed by atoms with Crippen molar-refractivity contribution < 1.29 is 14.3 Å². The molecule has 0 bridgehead atoms. The van der Waals surface area contributed by atoms with Crippen LogP contribution in [0.2, 0.25) is 0 Å². The molecule has 2 aliphatic rings. The fourth-order valence-electron chi connectivity index (χ4n) is 4.40. The number of ether oxygens (including phenoxy) is 2. The second kappa shape index (κ2) is 8.53. The Morgan fingerprint density at radius 2 is 1.91 bits per heavy atom. The van der Waals surface area contributed by atoms with Crippen molar-refractivity contribution in [1.82, 2.24) is 9.78 Å². The maximum Gasteiger partial charge on any atom is 0.275 e. The summed E-state index contributed by atoms with van der Waals surface area (Å²) in [5, 5.41) is 8.87. The first kappa shape index (κ1) is 20.4. The van der Waals surface area contributed by atoms with Crippen molar-refractivity contribution in [2.24, 2.45) is 5.92 Å². The average Bonchev–Trinajstić information content (AvgIpc) is 2.81. The van der Waals surface area contributed by atoms with Crippen LogP contribution in [-0.2, 0) is 11.3 Å². The average molecular weight is 434 g/mol. The monoisotopic (exact) mass is 434 g/mol. The van der Waals surface area contributed by atoms with E-state index in [1.165, 1.54) is 11.1 Å². The number of hydrogen-bond acceptors (Lipinski definition) is 6. The molecule has 0 saturated carbocycles. The minimum atomic E-state index is -0.329. The van der Waals surface area contributed by atoms with Crippen molar-refractivity contribution in [1.29, 1.82) is 0 Å². The molecule has 1 N–H and O–H groups in total. The standard InChI is InChI=1S/C24H26N4O4/c1-16-5-4-10-27(14-16)23-18-6-2-3-7-19(18)24(30)28(26-23)15-22(29)25-17-8-9-20-21(13-17)32-12-11-31-20/h2-3,6-9,13,16H,4-5,10-12,14-15H2,1H3,(H,25,29)/t16-/m0/s1. The van der Waals surface area contributed by atoms with Gasteiger partial charge in [0.1, 0.15) is 19.8 Å². The molecule has 0 unspecified atom stereocenters. The highest BCUT2D eigenvalue weighted by Gasteiger charge is 2.22. The minimum absolute atomic E-state index is 0.172. The molecular formula is C24H26N4O4. The van der Waals surface area contributed by atoms with E-state index in [1.807, 2.05) is 18.2 Å². The summed E-state index contributed by atoms with van der Waals surface area (Å²) in [7, 11) is 0. The highest BCUT2D eigenvalue weighted by Crippen LogP contribution is 2.32. The van der Waals surface area contributed by atoms with Crippen LogP contribution in [0.4, 0.5) is 11.5 Å². The molecule has 2 aliphatic heterocycles. The number of amides is 1. The summed E-state index contributed by atoms with van der Waals surface area (Å²) >= 11 is 0. The smallest absolute Gasteiger partial charge is 0.275 e. The summed E-state index contributed by atoms with van der Waals surface area (Å²) in [5.74, 6) is 2.24. The van der Waals surface area contributed by atoms with Crippen LogP contribution in [0.25, 0.3) is 10.8 Å². The lowest BCUT2D eigenvalue weighted by molar-refractivity contribution is -0.117. The summed E-state index contributed by atoms with van der Waals surface area (Å²) in [6.07, 6.45) is 2.27. The summed E-state index contributed by atoms with van der Waals surface area (Å²) in [5.41, 5.74) is 0.310. The molecule has 1 aromatic heterocycles. The Kier molecular flexibility index (Phi) is 5.43. The molecule has 166 valence electrons. The van der Waals surface area contributed by atoms with Crippen molar-refractivity contribution in [2.75, 3.05) is 36.5 Å². The third kappa shape index (κ3) is 4.00. The second-order valence-corrected chi connectivity index (χ2v) is 8.43. The van der Waals surface area contributed by atoms with E-state index < -0.39 is 0 Å². The molecular weight excluding hydrogens is 408 g/mol. The van der Waals surface area contributed by atoms with Gasteiger partial charge in [0.15, 0.2) is 17.3 Å². The number of anilines is 2. The zero-order valence-electron chi connectivity index (χ0n) is 18.0. The Balaban J connectivity index is 1.43. The maximum atomic E-state index is 13.1. The van der Waals surface area contributed by atoms with E-state index in [1.54, 1.807) is 24.3 Å². The number of rotatable bonds is 4. The van der Waals surface area contributed by atoms with Gasteiger partial charge in [-0.1, -0.05) is 25.1 Å². The molecule has 1 saturated heterocycles. The van der Waals surface area contributed by atoms with Crippen molar-refractivity contribution in [2.45, 2.75) is 26.3 Å². The lowest BCUT2D eigenvalue weighted by atomic mass is 10.00. The Morgan fingerprint density at radius 3 is 2.72 bits per heavy atom. The van der Waals surface area contributed by atoms with Crippen LogP contribution in [0.5, 0.6) is 11.5 Å². The summed E-state index contributed by atoms with van der Waals surface area (Å²) in [6.45, 7) is 4.81. The molecule has 8 heteroatoms. The molecule has 3 heterocycles. The van der Waals surface area contributed by atoms with Crippen LogP contribution >= 0.6 is 0 Å². The normalized spacial score (nSPS) is 17.9. The third-order valence-corrected chi connectivity index (χ3v) is 5.92. The van der Waals surface area contributed by atoms with Gasteiger partial charge in [-0.3, -0.25) is 9.59 Å². The first-order chi connectivity index (χ1) is 15.6. The fourth-order valence-corrected chi connectivity index (χ4v) is 4.40. The third-order valence-electron chi connectivity index (χ3n) is 5.92. The highest BCUT2D eigenvalue weighted by molar-refractivity contribution is 5.93. The van der Waals surface area contributed by atoms with Crippen LogP contribution in [0.15, 0.2) is 47.3 Å². The molecule has 0 spiro atoms. The Labute approximate surface area is 185 Å². The van der Waals surface area contributed by atoms with E-state index in [-0.39, 0.29) is 18.0 Å². The number of nitrogens with zero attached hydrogens (tertiary/aromatic N) is 3. The van der Waals surface area contributed by atoms with Gasteiger partial charge in [-0.15, -0.1) is 0 Å². The van der Waals surface area contributed by atoms with Gasteiger partial charge in [0, 0.05) is 30.2 Å². The van der Waals surface area contributed by atoms with Crippen molar-refractivity contribution in [3.8, 4) is 11.5 Å². The zero-order chi connectivity index (χ0) is 22.1. The molecule has 32 heavy (non-hydrogen) atoms. The highest BCUT2D eigenvalue weighted by atomic mass is 16.6. The van der Waals surface area contributed by atoms with Gasteiger partial charge >= 0.3 is 0 Å². The molecule has 8 nitrogen and oxygen atoms in total. The number of carbonyl (C=O) groups is 1. The van der Waals surface area contributed by atoms with Crippen molar-refractivity contribution in [3.63, 3.8) is 0 Å². The predicted molar refractivity (Wildman–Crippen MR) is 123 cm³/mol. The molecule has 3 aromatic rings.